The number of carbonyl (C=O) groups excluding carboxylic acids is 1. The molecule has 0 spiro atoms. The third-order valence-corrected chi connectivity index (χ3v) is 7.50. The molecule has 4 aliphatic rings. The fourth-order valence-corrected chi connectivity index (χ4v) is 6.01. The quantitative estimate of drug-likeness (QED) is 0.551. The zero-order valence-electron chi connectivity index (χ0n) is 13.5. The van der Waals surface area contributed by atoms with Gasteiger partial charge in [0, 0.05) is 0 Å². The van der Waals surface area contributed by atoms with Crippen LogP contribution in [0.1, 0.15) is 53.4 Å². The molecule has 3 aliphatic carbocycles. The standard InChI is InChI=1S/C18H26O3/c1-10-6-5-7-16(2)11(10)8-13(19)17(3)12(16)9-14-18(4,21-14)15(17)20/h6,11-14,19H,5,7-9H2,1-4H3/t11-,12+,13+,14-,16-,17-,18-/m0/s1. The van der Waals surface area contributed by atoms with Gasteiger partial charge in [0.15, 0.2) is 11.4 Å². The monoisotopic (exact) mass is 290 g/mol. The van der Waals surface area contributed by atoms with Crippen molar-refractivity contribution in [2.24, 2.45) is 22.7 Å². The van der Waals surface area contributed by atoms with E-state index in [9.17, 15) is 9.90 Å². The van der Waals surface area contributed by atoms with Crippen molar-refractivity contribution in [2.45, 2.75) is 71.2 Å². The molecule has 21 heavy (non-hydrogen) atoms. The number of fused-ring (bicyclic) bond motifs is 4. The van der Waals surface area contributed by atoms with E-state index in [-0.39, 0.29) is 23.2 Å². The molecule has 1 saturated heterocycles. The molecule has 4 rings (SSSR count). The lowest BCUT2D eigenvalue weighted by Crippen LogP contribution is -2.64. The van der Waals surface area contributed by atoms with Gasteiger partial charge in [-0.25, -0.2) is 0 Å². The van der Waals surface area contributed by atoms with E-state index >= 15 is 0 Å². The highest BCUT2D eigenvalue weighted by Crippen LogP contribution is 2.67. The highest BCUT2D eigenvalue weighted by atomic mass is 16.6. The van der Waals surface area contributed by atoms with Gasteiger partial charge in [-0.3, -0.25) is 4.79 Å². The molecule has 0 radical (unpaired) electrons. The van der Waals surface area contributed by atoms with Gasteiger partial charge >= 0.3 is 0 Å². The van der Waals surface area contributed by atoms with Crippen LogP contribution in [-0.4, -0.2) is 28.7 Å². The van der Waals surface area contributed by atoms with E-state index in [1.807, 2.05) is 13.8 Å². The maximum Gasteiger partial charge on any atom is 0.175 e. The molecular weight excluding hydrogens is 264 g/mol. The van der Waals surface area contributed by atoms with Gasteiger partial charge in [-0.15, -0.1) is 0 Å². The molecule has 0 amide bonds. The Hall–Kier alpha value is -0.670. The van der Waals surface area contributed by atoms with E-state index in [0.29, 0.717) is 5.92 Å². The molecule has 3 heteroatoms. The zero-order valence-corrected chi connectivity index (χ0v) is 13.5. The van der Waals surface area contributed by atoms with E-state index in [4.69, 9.17) is 4.74 Å². The number of rotatable bonds is 0. The number of ketones is 1. The average molecular weight is 290 g/mol. The molecule has 3 nitrogen and oxygen atoms in total. The van der Waals surface area contributed by atoms with Gasteiger partial charge in [-0.1, -0.05) is 18.6 Å². The van der Waals surface area contributed by atoms with Crippen molar-refractivity contribution in [3.8, 4) is 0 Å². The first kappa shape index (κ1) is 14.0. The molecular formula is C18H26O3. The minimum absolute atomic E-state index is 0.0806. The highest BCUT2D eigenvalue weighted by molar-refractivity contribution is 5.97. The SMILES string of the molecule is CC1=CCC[C@]2(C)[C@H]3C[C@@H]4O[C@]4(C)C(=O)[C@]3(C)[C@H](O)C[C@@H]12. The molecule has 1 aliphatic heterocycles. The lowest BCUT2D eigenvalue weighted by Gasteiger charge is -2.60. The number of carbonyl (C=O) groups is 1. The van der Waals surface area contributed by atoms with Gasteiger partial charge in [0.2, 0.25) is 0 Å². The molecule has 0 aromatic carbocycles. The largest absolute Gasteiger partial charge is 0.392 e. The normalized spacial score (nSPS) is 58.7. The van der Waals surface area contributed by atoms with Crippen molar-refractivity contribution in [1.29, 1.82) is 0 Å². The number of Topliss-reactive ketones (excluding diaryl/α,β-unsaturated/α-hetero) is 1. The van der Waals surface area contributed by atoms with Crippen LogP contribution in [0.25, 0.3) is 0 Å². The van der Waals surface area contributed by atoms with E-state index in [1.165, 1.54) is 5.57 Å². The summed E-state index contributed by atoms with van der Waals surface area (Å²) in [5.41, 5.74) is 0.275. The molecule has 0 unspecified atom stereocenters. The summed E-state index contributed by atoms with van der Waals surface area (Å²) in [6, 6.07) is 0. The summed E-state index contributed by atoms with van der Waals surface area (Å²) in [4.78, 5) is 13.1. The zero-order chi connectivity index (χ0) is 15.2. The number of aliphatic hydroxyl groups is 1. The van der Waals surface area contributed by atoms with Crippen LogP contribution in [0.15, 0.2) is 11.6 Å². The van der Waals surface area contributed by atoms with Gasteiger partial charge in [0.25, 0.3) is 0 Å². The van der Waals surface area contributed by atoms with E-state index in [1.54, 1.807) is 0 Å². The topological polar surface area (TPSA) is 49.8 Å². The molecule has 2 saturated carbocycles. The van der Waals surface area contributed by atoms with Crippen LogP contribution in [0, 0.1) is 22.7 Å². The second-order valence-electron chi connectivity index (χ2n) is 8.41. The minimum atomic E-state index is -0.634. The molecule has 0 aromatic rings. The minimum Gasteiger partial charge on any atom is -0.392 e. The summed E-state index contributed by atoms with van der Waals surface area (Å²) < 4.78 is 5.76. The first-order valence-electron chi connectivity index (χ1n) is 8.32. The maximum atomic E-state index is 13.1. The second-order valence-corrected chi connectivity index (χ2v) is 8.41. The van der Waals surface area contributed by atoms with Crippen molar-refractivity contribution in [2.75, 3.05) is 0 Å². The van der Waals surface area contributed by atoms with Crippen LogP contribution >= 0.6 is 0 Å². The van der Waals surface area contributed by atoms with Crippen molar-refractivity contribution >= 4 is 5.78 Å². The van der Waals surface area contributed by atoms with Gasteiger partial charge in [0.1, 0.15) is 0 Å². The van der Waals surface area contributed by atoms with Crippen molar-refractivity contribution in [3.63, 3.8) is 0 Å². The molecule has 116 valence electrons. The Morgan fingerprint density at radius 3 is 2.71 bits per heavy atom. The molecule has 0 bridgehead atoms. The van der Waals surface area contributed by atoms with E-state index in [2.05, 4.69) is 19.9 Å². The van der Waals surface area contributed by atoms with Gasteiger partial charge in [-0.2, -0.15) is 0 Å². The number of hydrogen-bond acceptors (Lipinski definition) is 3. The number of allylic oxidation sites excluding steroid dienone is 2. The van der Waals surface area contributed by atoms with Gasteiger partial charge in [-0.05, 0) is 63.7 Å². The number of aliphatic hydroxyl groups excluding tert-OH is 1. The predicted molar refractivity (Wildman–Crippen MR) is 79.7 cm³/mol. The summed E-state index contributed by atoms with van der Waals surface area (Å²) >= 11 is 0. The average Bonchev–Trinajstić information content (AvgIpc) is 3.09. The molecule has 7 atom stereocenters. The number of hydrogen-bond donors (Lipinski definition) is 1. The predicted octanol–water partition coefficient (Wildman–Crippen LogP) is 2.87. The Labute approximate surface area is 126 Å². The molecule has 3 fully saturated rings. The molecule has 0 aromatic heterocycles. The first-order chi connectivity index (χ1) is 9.74. The van der Waals surface area contributed by atoms with Crippen molar-refractivity contribution in [3.05, 3.63) is 11.6 Å². The van der Waals surface area contributed by atoms with E-state index < -0.39 is 17.1 Å². The maximum absolute atomic E-state index is 13.1. The highest BCUT2D eigenvalue weighted by Gasteiger charge is 2.74. The summed E-state index contributed by atoms with van der Waals surface area (Å²) in [6.07, 6.45) is 5.73. The van der Waals surface area contributed by atoms with Crippen molar-refractivity contribution < 1.29 is 14.6 Å². The van der Waals surface area contributed by atoms with Crippen LogP contribution < -0.4 is 0 Å². The van der Waals surface area contributed by atoms with Crippen molar-refractivity contribution in [1.82, 2.24) is 0 Å². The summed E-state index contributed by atoms with van der Waals surface area (Å²) in [7, 11) is 0. The van der Waals surface area contributed by atoms with E-state index in [0.717, 1.165) is 25.7 Å². The lowest BCUT2D eigenvalue weighted by atomic mass is 9.43. The Morgan fingerprint density at radius 1 is 1.29 bits per heavy atom. The summed E-state index contributed by atoms with van der Waals surface area (Å²) in [5.74, 6) is 0.793. The Balaban J connectivity index is 1.82. The fourth-order valence-electron chi connectivity index (χ4n) is 6.01. The van der Waals surface area contributed by atoms with Crippen LogP contribution in [0.4, 0.5) is 0 Å². The second kappa shape index (κ2) is 3.80. The lowest BCUT2D eigenvalue weighted by molar-refractivity contribution is -0.173. The molecule has 1 heterocycles. The van der Waals surface area contributed by atoms with Gasteiger partial charge in [0.05, 0.1) is 17.6 Å². The molecule has 1 N–H and O–H groups in total. The van der Waals surface area contributed by atoms with Crippen LogP contribution in [0.2, 0.25) is 0 Å². The first-order valence-corrected chi connectivity index (χ1v) is 8.32. The Morgan fingerprint density at radius 2 is 2.00 bits per heavy atom. The van der Waals surface area contributed by atoms with Crippen LogP contribution in [0.5, 0.6) is 0 Å². The van der Waals surface area contributed by atoms with Gasteiger partial charge < -0.3 is 9.84 Å². The fraction of sp³-hybridized carbons (Fsp3) is 0.833. The summed E-state index contributed by atoms with van der Waals surface area (Å²) in [6.45, 7) is 8.46. The van der Waals surface area contributed by atoms with Crippen LogP contribution in [0.3, 0.4) is 0 Å². The smallest absolute Gasteiger partial charge is 0.175 e. The van der Waals surface area contributed by atoms with Crippen LogP contribution in [-0.2, 0) is 9.53 Å². The Kier molecular flexibility index (Phi) is 2.53. The number of epoxide rings is 1. The Bertz CT molecular complexity index is 553. The third kappa shape index (κ3) is 1.45. The summed E-state index contributed by atoms with van der Waals surface area (Å²) in [5, 5.41) is 10.9. The number of ether oxygens (including phenoxy) is 1. The third-order valence-electron chi connectivity index (χ3n) is 7.50.